The molecule has 1 fully saturated rings. The minimum absolute atomic E-state index is 0.150. The second-order valence-electron chi connectivity index (χ2n) is 4.81. The van der Waals surface area contributed by atoms with Crippen LogP contribution in [0.5, 0.6) is 5.75 Å². The van der Waals surface area contributed by atoms with Gasteiger partial charge < -0.3 is 14.6 Å². The lowest BCUT2D eigenvalue weighted by Gasteiger charge is -2.18. The van der Waals surface area contributed by atoms with Crippen molar-refractivity contribution in [2.75, 3.05) is 13.2 Å². The van der Waals surface area contributed by atoms with E-state index in [1.165, 1.54) is 0 Å². The van der Waals surface area contributed by atoms with Gasteiger partial charge in [0.05, 0.1) is 18.8 Å². The highest BCUT2D eigenvalue weighted by atomic mass is 16.5. The summed E-state index contributed by atoms with van der Waals surface area (Å²) in [6, 6.07) is 7.70. The summed E-state index contributed by atoms with van der Waals surface area (Å²) in [6.45, 7) is 5.39. The second kappa shape index (κ2) is 5.52. The molecule has 1 aromatic rings. The number of ether oxygens (including phenoxy) is 2. The highest BCUT2D eigenvalue weighted by Gasteiger charge is 2.25. The molecule has 3 nitrogen and oxygen atoms in total. The van der Waals surface area contributed by atoms with Gasteiger partial charge in [-0.25, -0.2) is 0 Å². The van der Waals surface area contributed by atoms with Crippen LogP contribution in [0.4, 0.5) is 0 Å². The Balaban J connectivity index is 2.09. The maximum atomic E-state index is 10.2. The average Bonchev–Trinajstić information content (AvgIpc) is 2.81. The monoisotopic (exact) mass is 236 g/mol. The van der Waals surface area contributed by atoms with Crippen molar-refractivity contribution >= 4 is 0 Å². The maximum absolute atomic E-state index is 10.2. The van der Waals surface area contributed by atoms with Crippen molar-refractivity contribution in [3.8, 4) is 5.75 Å². The lowest BCUT2D eigenvalue weighted by molar-refractivity contribution is 0.0914. The summed E-state index contributed by atoms with van der Waals surface area (Å²) in [7, 11) is 0. The van der Waals surface area contributed by atoms with Crippen LogP contribution in [-0.4, -0.2) is 24.4 Å². The molecule has 0 aromatic heterocycles. The largest absolute Gasteiger partial charge is 0.491 e. The van der Waals surface area contributed by atoms with E-state index < -0.39 is 6.10 Å². The van der Waals surface area contributed by atoms with Gasteiger partial charge in [-0.3, -0.25) is 0 Å². The zero-order chi connectivity index (χ0) is 12.3. The van der Waals surface area contributed by atoms with Crippen LogP contribution in [0.25, 0.3) is 0 Å². The smallest absolute Gasteiger partial charge is 0.120 e. The van der Waals surface area contributed by atoms with Crippen molar-refractivity contribution in [1.29, 1.82) is 0 Å². The molecule has 2 unspecified atom stereocenters. The molecule has 0 amide bonds. The summed E-state index contributed by atoms with van der Waals surface area (Å²) in [6.07, 6.45) is 0.626. The fourth-order valence-electron chi connectivity index (χ4n) is 2.12. The molecule has 1 N–H and O–H groups in total. The molecule has 2 rings (SSSR count). The van der Waals surface area contributed by atoms with Crippen LogP contribution in [0.3, 0.4) is 0 Å². The molecule has 0 bridgehead atoms. The van der Waals surface area contributed by atoms with Gasteiger partial charge in [0.15, 0.2) is 0 Å². The molecular weight excluding hydrogens is 216 g/mol. The zero-order valence-corrected chi connectivity index (χ0v) is 10.4. The quantitative estimate of drug-likeness (QED) is 0.873. The van der Waals surface area contributed by atoms with Gasteiger partial charge in [-0.05, 0) is 38.0 Å². The van der Waals surface area contributed by atoms with E-state index in [0.717, 1.165) is 24.3 Å². The molecule has 0 spiro atoms. The highest BCUT2D eigenvalue weighted by molar-refractivity contribution is 5.30. The van der Waals surface area contributed by atoms with E-state index in [4.69, 9.17) is 9.47 Å². The standard InChI is InChI=1S/C14H20O3/c1-10(2)17-13-5-3-4-11(8-13)14(15)12-6-7-16-9-12/h3-5,8,10,12,14-15H,6-7,9H2,1-2H3. The first-order chi connectivity index (χ1) is 8.16. The highest BCUT2D eigenvalue weighted by Crippen LogP contribution is 2.30. The Morgan fingerprint density at radius 1 is 1.41 bits per heavy atom. The SMILES string of the molecule is CC(C)Oc1cccc(C(O)C2CCOC2)c1. The van der Waals surface area contributed by atoms with Gasteiger partial charge in [-0.15, -0.1) is 0 Å². The number of aliphatic hydroxyl groups excluding tert-OH is 1. The summed E-state index contributed by atoms with van der Waals surface area (Å²) >= 11 is 0. The molecule has 1 aromatic carbocycles. The Hall–Kier alpha value is -1.06. The topological polar surface area (TPSA) is 38.7 Å². The second-order valence-corrected chi connectivity index (χ2v) is 4.81. The minimum atomic E-state index is -0.451. The molecular formula is C14H20O3. The molecule has 1 saturated heterocycles. The molecule has 1 aliphatic rings. The number of rotatable bonds is 4. The Morgan fingerprint density at radius 3 is 2.88 bits per heavy atom. The maximum Gasteiger partial charge on any atom is 0.120 e. The van der Waals surface area contributed by atoms with E-state index in [9.17, 15) is 5.11 Å². The Morgan fingerprint density at radius 2 is 2.24 bits per heavy atom. The first-order valence-electron chi connectivity index (χ1n) is 6.19. The molecule has 3 heteroatoms. The predicted octanol–water partition coefficient (Wildman–Crippen LogP) is 2.54. The Kier molecular flexibility index (Phi) is 4.02. The van der Waals surface area contributed by atoms with E-state index in [1.807, 2.05) is 38.1 Å². The summed E-state index contributed by atoms with van der Waals surface area (Å²) in [5, 5.41) is 10.2. The first-order valence-corrected chi connectivity index (χ1v) is 6.19. The van der Waals surface area contributed by atoms with Crippen LogP contribution >= 0.6 is 0 Å². The van der Waals surface area contributed by atoms with Crippen LogP contribution in [-0.2, 0) is 4.74 Å². The van der Waals surface area contributed by atoms with Crippen molar-refractivity contribution in [3.63, 3.8) is 0 Å². The van der Waals surface area contributed by atoms with Gasteiger partial charge >= 0.3 is 0 Å². The van der Waals surface area contributed by atoms with Crippen molar-refractivity contribution in [2.45, 2.75) is 32.5 Å². The lowest BCUT2D eigenvalue weighted by Crippen LogP contribution is -2.13. The van der Waals surface area contributed by atoms with Gasteiger partial charge in [0.25, 0.3) is 0 Å². The Labute approximate surface area is 102 Å². The number of hydrogen-bond donors (Lipinski definition) is 1. The molecule has 2 atom stereocenters. The van der Waals surface area contributed by atoms with Crippen LogP contribution in [0.2, 0.25) is 0 Å². The molecule has 0 radical (unpaired) electrons. The number of benzene rings is 1. The minimum Gasteiger partial charge on any atom is -0.491 e. The van der Waals surface area contributed by atoms with Crippen LogP contribution in [0.15, 0.2) is 24.3 Å². The molecule has 94 valence electrons. The summed E-state index contributed by atoms with van der Waals surface area (Å²) in [5.41, 5.74) is 0.915. The molecule has 1 aliphatic heterocycles. The van der Waals surface area contributed by atoms with Crippen molar-refractivity contribution < 1.29 is 14.6 Å². The van der Waals surface area contributed by atoms with Crippen molar-refractivity contribution in [3.05, 3.63) is 29.8 Å². The predicted molar refractivity (Wildman–Crippen MR) is 66.1 cm³/mol. The van der Waals surface area contributed by atoms with Gasteiger partial charge in [-0.1, -0.05) is 12.1 Å². The summed E-state index contributed by atoms with van der Waals surface area (Å²) in [5.74, 6) is 1.03. The Bertz CT molecular complexity index is 356. The van der Waals surface area contributed by atoms with Gasteiger partial charge in [0, 0.05) is 12.5 Å². The van der Waals surface area contributed by atoms with Gasteiger partial charge in [0.1, 0.15) is 5.75 Å². The zero-order valence-electron chi connectivity index (χ0n) is 10.4. The van der Waals surface area contributed by atoms with Gasteiger partial charge in [-0.2, -0.15) is 0 Å². The van der Waals surface area contributed by atoms with Crippen LogP contribution < -0.4 is 4.74 Å². The summed E-state index contributed by atoms with van der Waals surface area (Å²) in [4.78, 5) is 0. The number of aliphatic hydroxyl groups is 1. The fourth-order valence-corrected chi connectivity index (χ4v) is 2.12. The molecule has 17 heavy (non-hydrogen) atoms. The number of hydrogen-bond acceptors (Lipinski definition) is 3. The first kappa shape index (κ1) is 12.4. The average molecular weight is 236 g/mol. The third-order valence-electron chi connectivity index (χ3n) is 2.98. The molecule has 1 heterocycles. The van der Waals surface area contributed by atoms with Crippen LogP contribution in [0.1, 0.15) is 31.9 Å². The van der Waals surface area contributed by atoms with Gasteiger partial charge in [0.2, 0.25) is 0 Å². The summed E-state index contributed by atoms with van der Waals surface area (Å²) < 4.78 is 10.9. The van der Waals surface area contributed by atoms with E-state index in [2.05, 4.69) is 0 Å². The van der Waals surface area contributed by atoms with E-state index in [0.29, 0.717) is 6.61 Å². The van der Waals surface area contributed by atoms with E-state index in [-0.39, 0.29) is 12.0 Å². The fraction of sp³-hybridized carbons (Fsp3) is 0.571. The third kappa shape index (κ3) is 3.20. The van der Waals surface area contributed by atoms with Crippen LogP contribution in [0, 0.1) is 5.92 Å². The van der Waals surface area contributed by atoms with Crippen molar-refractivity contribution in [1.82, 2.24) is 0 Å². The van der Waals surface area contributed by atoms with E-state index in [1.54, 1.807) is 0 Å². The molecule has 0 aliphatic carbocycles. The normalized spacial score (nSPS) is 21.8. The third-order valence-corrected chi connectivity index (χ3v) is 2.98. The van der Waals surface area contributed by atoms with E-state index >= 15 is 0 Å². The van der Waals surface area contributed by atoms with Crippen molar-refractivity contribution in [2.24, 2.45) is 5.92 Å². The molecule has 0 saturated carbocycles. The lowest BCUT2D eigenvalue weighted by atomic mass is 9.95.